The molecule has 3 amide bonds. The lowest BCUT2D eigenvalue weighted by atomic mass is 10.3. The van der Waals surface area contributed by atoms with Crippen molar-refractivity contribution in [2.24, 2.45) is 0 Å². The second kappa shape index (κ2) is 7.14. The lowest BCUT2D eigenvalue weighted by Gasteiger charge is -2.22. The first kappa shape index (κ1) is 14.7. The molecule has 1 aromatic rings. The van der Waals surface area contributed by atoms with Gasteiger partial charge in [0.1, 0.15) is 5.88 Å². The Morgan fingerprint density at radius 3 is 2.40 bits per heavy atom. The monoisotopic (exact) mass is 295 g/mol. The van der Waals surface area contributed by atoms with E-state index in [0.29, 0.717) is 26.2 Å². The van der Waals surface area contributed by atoms with Crippen LogP contribution in [-0.2, 0) is 4.79 Å². The van der Waals surface area contributed by atoms with Crippen LogP contribution in [0.4, 0.5) is 10.5 Å². The van der Waals surface area contributed by atoms with E-state index in [9.17, 15) is 9.59 Å². The Hall–Kier alpha value is -1.75. The van der Waals surface area contributed by atoms with E-state index < -0.39 is 0 Å². The van der Waals surface area contributed by atoms with Gasteiger partial charge in [-0.15, -0.1) is 11.6 Å². The van der Waals surface area contributed by atoms with Crippen molar-refractivity contribution in [2.75, 3.05) is 37.4 Å². The predicted octanol–water partition coefficient (Wildman–Crippen LogP) is 1.99. The molecule has 0 unspecified atom stereocenters. The number of amides is 3. The molecule has 6 heteroatoms. The summed E-state index contributed by atoms with van der Waals surface area (Å²) < 4.78 is 0. The van der Waals surface area contributed by atoms with Gasteiger partial charge in [-0.05, 0) is 18.6 Å². The molecule has 0 atom stereocenters. The average molecular weight is 296 g/mol. The molecule has 1 aliphatic heterocycles. The highest BCUT2D eigenvalue weighted by molar-refractivity contribution is 6.27. The van der Waals surface area contributed by atoms with Gasteiger partial charge in [0.25, 0.3) is 0 Å². The molecular weight excluding hydrogens is 278 g/mol. The van der Waals surface area contributed by atoms with Gasteiger partial charge in [-0.25, -0.2) is 4.79 Å². The lowest BCUT2D eigenvalue weighted by molar-refractivity contribution is -0.128. The fraction of sp³-hybridized carbons (Fsp3) is 0.429. The van der Waals surface area contributed by atoms with Crippen LogP contribution < -0.4 is 5.32 Å². The van der Waals surface area contributed by atoms with Crippen LogP contribution in [0.1, 0.15) is 6.42 Å². The first-order chi connectivity index (χ1) is 9.70. The third kappa shape index (κ3) is 3.87. The number of benzene rings is 1. The number of hydrogen-bond acceptors (Lipinski definition) is 2. The minimum Gasteiger partial charge on any atom is -0.340 e. The molecular formula is C14H18ClN3O2. The largest absolute Gasteiger partial charge is 0.340 e. The van der Waals surface area contributed by atoms with Crippen molar-refractivity contribution in [1.82, 2.24) is 9.80 Å². The Morgan fingerprint density at radius 2 is 1.70 bits per heavy atom. The van der Waals surface area contributed by atoms with Gasteiger partial charge in [0.05, 0.1) is 0 Å². The zero-order chi connectivity index (χ0) is 14.4. The fourth-order valence-electron chi connectivity index (χ4n) is 2.18. The molecule has 1 aliphatic rings. The average Bonchev–Trinajstić information content (AvgIpc) is 2.73. The number of carbonyl (C=O) groups is 2. The molecule has 1 aromatic carbocycles. The predicted molar refractivity (Wildman–Crippen MR) is 79.0 cm³/mol. The van der Waals surface area contributed by atoms with Crippen molar-refractivity contribution < 1.29 is 9.59 Å². The van der Waals surface area contributed by atoms with E-state index in [1.165, 1.54) is 0 Å². The Kier molecular flexibility index (Phi) is 5.24. The van der Waals surface area contributed by atoms with Crippen molar-refractivity contribution in [2.45, 2.75) is 6.42 Å². The number of halogens is 1. The number of urea groups is 1. The zero-order valence-electron chi connectivity index (χ0n) is 11.2. The summed E-state index contributed by atoms with van der Waals surface area (Å²) in [5, 5.41) is 2.85. The number of alkyl halides is 1. The van der Waals surface area contributed by atoms with Crippen LogP contribution in [0, 0.1) is 0 Å². The van der Waals surface area contributed by atoms with Crippen molar-refractivity contribution in [3.63, 3.8) is 0 Å². The van der Waals surface area contributed by atoms with Crippen molar-refractivity contribution in [3.8, 4) is 0 Å². The van der Waals surface area contributed by atoms with Crippen LogP contribution in [0.15, 0.2) is 30.3 Å². The number of carbonyl (C=O) groups excluding carboxylic acids is 2. The number of anilines is 1. The van der Waals surface area contributed by atoms with E-state index in [2.05, 4.69) is 5.32 Å². The summed E-state index contributed by atoms with van der Waals surface area (Å²) in [4.78, 5) is 27.2. The highest BCUT2D eigenvalue weighted by Gasteiger charge is 2.21. The molecule has 0 aliphatic carbocycles. The number of nitrogens with one attached hydrogen (secondary N) is 1. The summed E-state index contributed by atoms with van der Waals surface area (Å²) >= 11 is 5.56. The standard InChI is InChI=1S/C14H18ClN3O2/c15-11-13(19)17-7-4-8-18(10-9-17)14(20)16-12-5-2-1-3-6-12/h1-3,5-6H,4,7-11H2,(H,16,20). The van der Waals surface area contributed by atoms with Gasteiger partial charge in [0, 0.05) is 31.9 Å². The highest BCUT2D eigenvalue weighted by atomic mass is 35.5. The van der Waals surface area contributed by atoms with Gasteiger partial charge in [-0.2, -0.15) is 0 Å². The number of nitrogens with zero attached hydrogens (tertiary/aromatic N) is 2. The summed E-state index contributed by atoms with van der Waals surface area (Å²) in [6.07, 6.45) is 0.769. The molecule has 20 heavy (non-hydrogen) atoms. The van der Waals surface area contributed by atoms with Crippen molar-refractivity contribution in [3.05, 3.63) is 30.3 Å². The summed E-state index contributed by atoms with van der Waals surface area (Å²) in [6, 6.07) is 9.21. The maximum absolute atomic E-state index is 12.2. The van der Waals surface area contributed by atoms with Crippen LogP contribution in [0.2, 0.25) is 0 Å². The van der Waals surface area contributed by atoms with E-state index in [1.807, 2.05) is 30.3 Å². The van der Waals surface area contributed by atoms with Crippen LogP contribution in [0.3, 0.4) is 0 Å². The molecule has 0 bridgehead atoms. The topological polar surface area (TPSA) is 52.7 Å². The van der Waals surface area contributed by atoms with Crippen LogP contribution >= 0.6 is 11.6 Å². The second-order valence-corrected chi connectivity index (χ2v) is 4.92. The summed E-state index contributed by atoms with van der Waals surface area (Å²) in [7, 11) is 0. The molecule has 1 fully saturated rings. The maximum Gasteiger partial charge on any atom is 0.321 e. The number of para-hydroxylation sites is 1. The summed E-state index contributed by atoms with van der Waals surface area (Å²) in [5.74, 6) is -0.0760. The van der Waals surface area contributed by atoms with E-state index in [0.717, 1.165) is 12.1 Å². The molecule has 0 aromatic heterocycles. The quantitative estimate of drug-likeness (QED) is 0.849. The molecule has 2 rings (SSSR count). The minimum absolute atomic E-state index is 0.00376. The number of hydrogen-bond donors (Lipinski definition) is 1. The third-order valence-electron chi connectivity index (χ3n) is 3.28. The first-order valence-electron chi connectivity index (χ1n) is 6.65. The lowest BCUT2D eigenvalue weighted by Crippen LogP contribution is -2.39. The Bertz CT molecular complexity index is 467. The van der Waals surface area contributed by atoms with Gasteiger partial charge in [-0.1, -0.05) is 18.2 Å². The molecule has 1 saturated heterocycles. The van der Waals surface area contributed by atoms with E-state index >= 15 is 0 Å². The molecule has 108 valence electrons. The first-order valence-corrected chi connectivity index (χ1v) is 7.19. The number of rotatable bonds is 2. The van der Waals surface area contributed by atoms with Crippen LogP contribution in [0.25, 0.3) is 0 Å². The highest BCUT2D eigenvalue weighted by Crippen LogP contribution is 2.09. The molecule has 5 nitrogen and oxygen atoms in total. The van der Waals surface area contributed by atoms with Gasteiger partial charge in [0.2, 0.25) is 5.91 Å². The minimum atomic E-state index is -0.128. The Morgan fingerprint density at radius 1 is 1.05 bits per heavy atom. The summed E-state index contributed by atoms with van der Waals surface area (Å²) in [6.45, 7) is 2.36. The van der Waals surface area contributed by atoms with Gasteiger partial charge in [0.15, 0.2) is 0 Å². The Labute approximate surface area is 123 Å². The van der Waals surface area contributed by atoms with Gasteiger partial charge >= 0.3 is 6.03 Å². The van der Waals surface area contributed by atoms with Gasteiger partial charge < -0.3 is 15.1 Å². The van der Waals surface area contributed by atoms with E-state index in [1.54, 1.807) is 9.80 Å². The second-order valence-electron chi connectivity index (χ2n) is 4.65. The Balaban J connectivity index is 1.90. The van der Waals surface area contributed by atoms with Crippen LogP contribution in [-0.4, -0.2) is 53.8 Å². The molecule has 1 N–H and O–H groups in total. The SMILES string of the molecule is O=C(CCl)N1CCCN(C(=O)Nc2ccccc2)CC1. The molecule has 0 saturated carbocycles. The fourth-order valence-corrected chi connectivity index (χ4v) is 2.35. The van der Waals surface area contributed by atoms with E-state index in [-0.39, 0.29) is 17.8 Å². The third-order valence-corrected chi connectivity index (χ3v) is 3.50. The smallest absolute Gasteiger partial charge is 0.321 e. The van der Waals surface area contributed by atoms with Crippen molar-refractivity contribution >= 4 is 29.2 Å². The van der Waals surface area contributed by atoms with Crippen molar-refractivity contribution in [1.29, 1.82) is 0 Å². The normalized spacial score (nSPS) is 15.7. The molecule has 0 radical (unpaired) electrons. The molecule has 1 heterocycles. The maximum atomic E-state index is 12.2. The zero-order valence-corrected chi connectivity index (χ0v) is 12.0. The van der Waals surface area contributed by atoms with Gasteiger partial charge in [-0.3, -0.25) is 4.79 Å². The van der Waals surface area contributed by atoms with E-state index in [4.69, 9.17) is 11.6 Å². The summed E-state index contributed by atoms with van der Waals surface area (Å²) in [5.41, 5.74) is 0.774. The van der Waals surface area contributed by atoms with Crippen LogP contribution in [0.5, 0.6) is 0 Å². The molecule has 0 spiro atoms.